The second-order valence-electron chi connectivity index (χ2n) is 10.8. The Hall–Kier alpha value is -5.01. The topological polar surface area (TPSA) is 93.1 Å². The number of nitrogens with one attached hydrogen (secondary N) is 1. The zero-order chi connectivity index (χ0) is 31.0. The minimum absolute atomic E-state index is 0.164. The number of benzene rings is 3. The molecule has 0 atom stereocenters. The number of nitrogens with zero attached hydrogens (tertiary/aromatic N) is 5. The molecule has 6 rings (SSSR count). The van der Waals surface area contributed by atoms with Gasteiger partial charge < -0.3 is 10.2 Å². The van der Waals surface area contributed by atoms with E-state index in [1.54, 1.807) is 69.7 Å². The molecule has 0 fully saturated rings. The van der Waals surface area contributed by atoms with E-state index in [1.165, 1.54) is 11.1 Å². The predicted octanol–water partition coefficient (Wildman–Crippen LogP) is 5.45. The zero-order valence-electron chi connectivity index (χ0n) is 24.3. The Bertz CT molecular complexity index is 2020. The highest BCUT2D eigenvalue weighted by Crippen LogP contribution is 2.29. The van der Waals surface area contributed by atoms with Crippen molar-refractivity contribution >= 4 is 39.1 Å². The van der Waals surface area contributed by atoms with Crippen LogP contribution in [0.25, 0.3) is 16.2 Å². The zero-order valence-corrected chi connectivity index (χ0v) is 25.9. The Balaban J connectivity index is 1.44. The van der Waals surface area contributed by atoms with Gasteiger partial charge in [0.25, 0.3) is 17.4 Å². The van der Waals surface area contributed by atoms with E-state index in [1.807, 2.05) is 0 Å². The van der Waals surface area contributed by atoms with Crippen LogP contribution in [-0.2, 0) is 25.8 Å². The number of hydrogen-bond donors (Lipinski definition) is 1. The average molecular weight is 650 g/mol. The van der Waals surface area contributed by atoms with Gasteiger partial charge in [0.1, 0.15) is 5.65 Å². The maximum atomic E-state index is 14.2. The molecule has 1 aliphatic heterocycles. The van der Waals surface area contributed by atoms with Gasteiger partial charge in [-0.2, -0.15) is 5.10 Å². The van der Waals surface area contributed by atoms with Crippen molar-refractivity contribution in [3.63, 3.8) is 0 Å². The molecule has 44 heavy (non-hydrogen) atoms. The highest BCUT2D eigenvalue weighted by Gasteiger charge is 2.29. The molecule has 0 bridgehead atoms. The Kier molecular flexibility index (Phi) is 7.89. The number of rotatable bonds is 6. The maximum Gasteiger partial charge on any atom is 0.261 e. The molecule has 2 amide bonds. The van der Waals surface area contributed by atoms with Gasteiger partial charge in [0.05, 0.1) is 30.7 Å². The molecule has 2 aromatic heterocycles. The number of hydrogen-bond acceptors (Lipinski definition) is 4. The van der Waals surface area contributed by atoms with E-state index in [9.17, 15) is 14.4 Å². The van der Waals surface area contributed by atoms with Gasteiger partial charge in [-0.05, 0) is 62.1 Å². The molecule has 3 aromatic carbocycles. The first-order valence-electron chi connectivity index (χ1n) is 14.3. The first kappa shape index (κ1) is 29.1. The lowest BCUT2D eigenvalue weighted by molar-refractivity contribution is 0.0729. The Morgan fingerprint density at radius 2 is 1.75 bits per heavy atom. The summed E-state index contributed by atoms with van der Waals surface area (Å²) in [5, 5.41) is 7.39. The van der Waals surface area contributed by atoms with Gasteiger partial charge >= 0.3 is 0 Å². The Morgan fingerprint density at radius 1 is 1.02 bits per heavy atom. The van der Waals surface area contributed by atoms with Crippen LogP contribution >= 0.6 is 15.9 Å². The van der Waals surface area contributed by atoms with Gasteiger partial charge in [0, 0.05) is 40.3 Å². The SMILES string of the molecule is [C-]#[N+]c1cc(C(=O)N2CCc3c(n4ncc(CCc5ccc(C)cc5)c4n(-c4ccc(C(=O)NC)cc4)c3=O)C2)ccc1Br. The molecule has 5 aromatic rings. The van der Waals surface area contributed by atoms with E-state index in [0.29, 0.717) is 63.3 Å². The second-order valence-corrected chi connectivity index (χ2v) is 11.7. The molecular formula is C34H29BrN6O3. The lowest BCUT2D eigenvalue weighted by Gasteiger charge is -2.30. The van der Waals surface area contributed by atoms with Crippen molar-refractivity contribution in [2.24, 2.45) is 0 Å². The van der Waals surface area contributed by atoms with Crippen molar-refractivity contribution in [1.82, 2.24) is 24.4 Å². The summed E-state index contributed by atoms with van der Waals surface area (Å²) in [6, 6.07) is 20.3. The lowest BCUT2D eigenvalue weighted by atomic mass is 10.0. The van der Waals surface area contributed by atoms with Gasteiger partial charge in [-0.15, -0.1) is 0 Å². The van der Waals surface area contributed by atoms with Crippen molar-refractivity contribution in [3.05, 3.63) is 138 Å². The van der Waals surface area contributed by atoms with Crippen molar-refractivity contribution in [2.75, 3.05) is 13.6 Å². The summed E-state index contributed by atoms with van der Waals surface area (Å²) in [5.74, 6) is -0.413. The van der Waals surface area contributed by atoms with E-state index in [4.69, 9.17) is 11.7 Å². The summed E-state index contributed by atoms with van der Waals surface area (Å²) < 4.78 is 4.10. The van der Waals surface area contributed by atoms with E-state index in [2.05, 4.69) is 57.3 Å². The van der Waals surface area contributed by atoms with Crippen LogP contribution in [0.5, 0.6) is 0 Å². The molecule has 0 radical (unpaired) electrons. The molecule has 0 unspecified atom stereocenters. The average Bonchev–Trinajstić information content (AvgIpc) is 3.48. The first-order valence-corrected chi connectivity index (χ1v) is 15.1. The molecule has 3 heterocycles. The summed E-state index contributed by atoms with van der Waals surface area (Å²) >= 11 is 3.36. The monoisotopic (exact) mass is 648 g/mol. The highest BCUT2D eigenvalue weighted by atomic mass is 79.9. The third-order valence-corrected chi connectivity index (χ3v) is 8.76. The standard InChI is InChI=1S/C34H29BrN6O3/c1-21-4-6-22(7-5-21)8-9-25-19-38-41-30-20-39(33(43)24-12-15-28(35)29(18-24)36-2)17-16-27(30)34(44)40(32(25)41)26-13-10-23(11-14-26)31(42)37-3/h4-7,10-15,18-19H,8-9,16-17,20H2,1,3H3,(H,37,42). The van der Waals surface area contributed by atoms with Gasteiger partial charge in [0.15, 0.2) is 0 Å². The van der Waals surface area contributed by atoms with Crippen molar-refractivity contribution in [2.45, 2.75) is 32.7 Å². The van der Waals surface area contributed by atoms with Crippen LogP contribution < -0.4 is 10.9 Å². The lowest BCUT2D eigenvalue weighted by Crippen LogP contribution is -2.41. The van der Waals surface area contributed by atoms with Crippen LogP contribution in [0.1, 0.15) is 48.7 Å². The minimum atomic E-state index is -0.207. The number of carbonyl (C=O) groups is 2. The van der Waals surface area contributed by atoms with E-state index in [-0.39, 0.29) is 23.9 Å². The van der Waals surface area contributed by atoms with Crippen molar-refractivity contribution in [1.29, 1.82) is 0 Å². The van der Waals surface area contributed by atoms with Crippen molar-refractivity contribution in [3.8, 4) is 5.69 Å². The first-order chi connectivity index (χ1) is 21.3. The van der Waals surface area contributed by atoms with E-state index < -0.39 is 0 Å². The predicted molar refractivity (Wildman–Crippen MR) is 172 cm³/mol. The van der Waals surface area contributed by atoms with Gasteiger partial charge in [-0.1, -0.05) is 57.9 Å². The van der Waals surface area contributed by atoms with Crippen LogP contribution in [0.4, 0.5) is 5.69 Å². The molecule has 10 heteroatoms. The van der Waals surface area contributed by atoms with Crippen LogP contribution in [-0.4, -0.2) is 44.5 Å². The third kappa shape index (κ3) is 5.31. The Morgan fingerprint density at radius 3 is 2.45 bits per heavy atom. The van der Waals surface area contributed by atoms with Gasteiger partial charge in [-0.25, -0.2) is 9.36 Å². The fraction of sp³-hybridized carbons (Fsp3) is 0.206. The molecular weight excluding hydrogens is 620 g/mol. The van der Waals surface area contributed by atoms with Gasteiger partial charge in [0.2, 0.25) is 5.69 Å². The van der Waals surface area contributed by atoms with Crippen LogP contribution in [0.3, 0.4) is 0 Å². The Labute approximate surface area is 262 Å². The molecule has 0 saturated heterocycles. The fourth-order valence-corrected chi connectivity index (χ4v) is 5.99. The summed E-state index contributed by atoms with van der Waals surface area (Å²) in [6.45, 7) is 10.0. The van der Waals surface area contributed by atoms with Crippen molar-refractivity contribution < 1.29 is 9.59 Å². The van der Waals surface area contributed by atoms with Gasteiger partial charge in [-0.3, -0.25) is 19.0 Å². The molecule has 0 spiro atoms. The van der Waals surface area contributed by atoms with E-state index in [0.717, 1.165) is 12.0 Å². The maximum absolute atomic E-state index is 14.2. The number of carbonyl (C=O) groups excluding carboxylic acids is 2. The second kappa shape index (κ2) is 11.9. The molecule has 0 aliphatic carbocycles. The van der Waals surface area contributed by atoms with Crippen LogP contribution in [0.2, 0.25) is 0 Å². The summed E-state index contributed by atoms with van der Waals surface area (Å²) in [6.07, 6.45) is 3.58. The molecule has 1 aliphatic rings. The quantitative estimate of drug-likeness (QED) is 0.248. The number of amides is 2. The van der Waals surface area contributed by atoms with Crippen LogP contribution in [0, 0.1) is 13.5 Å². The third-order valence-electron chi connectivity index (χ3n) is 8.09. The molecule has 0 saturated carbocycles. The highest BCUT2D eigenvalue weighted by molar-refractivity contribution is 9.10. The summed E-state index contributed by atoms with van der Waals surface area (Å²) in [5.41, 5.74) is 6.94. The summed E-state index contributed by atoms with van der Waals surface area (Å²) in [4.78, 5) is 45.2. The smallest absolute Gasteiger partial charge is 0.261 e. The number of halogens is 1. The number of fused-ring (bicyclic) bond motifs is 3. The fourth-order valence-electron chi connectivity index (χ4n) is 5.66. The number of aromatic nitrogens is 3. The summed E-state index contributed by atoms with van der Waals surface area (Å²) in [7, 11) is 1.58. The molecule has 9 nitrogen and oxygen atoms in total. The normalized spacial score (nSPS) is 12.5. The largest absolute Gasteiger partial charge is 0.355 e. The van der Waals surface area contributed by atoms with E-state index >= 15 is 0 Å². The van der Waals surface area contributed by atoms with Crippen LogP contribution in [0.15, 0.2) is 82.2 Å². The number of aryl methyl sites for hydroxylation is 3. The molecule has 1 N–H and O–H groups in total. The minimum Gasteiger partial charge on any atom is -0.355 e. The molecule has 220 valence electrons.